The number of nitrogens with one attached hydrogen (secondary N) is 2. The van der Waals surface area contributed by atoms with Crippen molar-refractivity contribution in [2.45, 2.75) is 39.0 Å². The second-order valence-electron chi connectivity index (χ2n) is 8.04. The van der Waals surface area contributed by atoms with Crippen LogP contribution in [0.25, 0.3) is 11.3 Å². The Hall–Kier alpha value is -3.55. The van der Waals surface area contributed by atoms with Crippen LogP contribution in [0.5, 0.6) is 0 Å². The summed E-state index contributed by atoms with van der Waals surface area (Å²) in [7, 11) is 0. The van der Waals surface area contributed by atoms with E-state index in [1.807, 2.05) is 12.1 Å². The lowest BCUT2D eigenvalue weighted by molar-refractivity contribution is -0.121. The van der Waals surface area contributed by atoms with Crippen LogP contribution in [0.2, 0.25) is 0 Å². The van der Waals surface area contributed by atoms with Gasteiger partial charge in [-0.2, -0.15) is 0 Å². The summed E-state index contributed by atoms with van der Waals surface area (Å²) >= 11 is 0. The molecule has 1 heterocycles. The zero-order valence-corrected chi connectivity index (χ0v) is 17.5. The molecule has 0 fully saturated rings. The van der Waals surface area contributed by atoms with Crippen LogP contribution in [0.4, 0.5) is 8.78 Å². The summed E-state index contributed by atoms with van der Waals surface area (Å²) in [4.78, 5) is 28.1. The maximum absolute atomic E-state index is 13.8. The van der Waals surface area contributed by atoms with Crippen LogP contribution in [0, 0.1) is 11.6 Å². The summed E-state index contributed by atoms with van der Waals surface area (Å²) in [6.07, 6.45) is 1.26. The normalized spacial score (nSPS) is 11.3. The number of halogens is 2. The fourth-order valence-corrected chi connectivity index (χ4v) is 2.88. The predicted octanol–water partition coefficient (Wildman–Crippen LogP) is 4.31. The van der Waals surface area contributed by atoms with Crippen molar-refractivity contribution in [3.63, 3.8) is 0 Å². The number of aromatic nitrogens is 1. The minimum atomic E-state index is -0.765. The molecule has 1 aromatic heterocycles. The van der Waals surface area contributed by atoms with Crippen molar-refractivity contribution in [3.05, 3.63) is 77.3 Å². The van der Waals surface area contributed by atoms with Gasteiger partial charge in [-0.3, -0.25) is 20.4 Å². The van der Waals surface area contributed by atoms with Crippen molar-refractivity contribution in [3.8, 4) is 11.3 Å². The number of hydrogen-bond donors (Lipinski definition) is 2. The van der Waals surface area contributed by atoms with Crippen LogP contribution in [0.3, 0.4) is 0 Å². The monoisotopic (exact) mass is 427 g/mol. The van der Waals surface area contributed by atoms with Gasteiger partial charge in [0.2, 0.25) is 5.91 Å². The lowest BCUT2D eigenvalue weighted by Crippen LogP contribution is -2.41. The summed E-state index contributed by atoms with van der Waals surface area (Å²) < 4.78 is 33.0. The molecule has 31 heavy (non-hydrogen) atoms. The van der Waals surface area contributed by atoms with Crippen molar-refractivity contribution >= 4 is 11.8 Å². The molecule has 0 spiro atoms. The summed E-state index contributed by atoms with van der Waals surface area (Å²) in [6, 6.07) is 10.6. The van der Waals surface area contributed by atoms with Crippen molar-refractivity contribution in [1.82, 2.24) is 15.8 Å². The molecule has 0 aliphatic carbocycles. The molecular formula is C23H23F2N3O3. The molecule has 8 heteroatoms. The van der Waals surface area contributed by atoms with Gasteiger partial charge >= 0.3 is 0 Å². The Kier molecular flexibility index (Phi) is 6.48. The maximum atomic E-state index is 13.8. The molecule has 0 aliphatic heterocycles. The number of nitrogens with zero attached hydrogens (tertiary/aromatic N) is 1. The Balaban J connectivity index is 1.51. The molecule has 0 bridgehead atoms. The standard InChI is InChI=1S/C23H23F2N3O3/c1-23(2,3)15-9-7-14(8-10-15)22(30)28-27-19(29)11-12-20-26-13-18(31-20)21-16(24)5-4-6-17(21)25/h4-10,13H,11-12H2,1-3H3,(H,27,29)(H,28,30). The summed E-state index contributed by atoms with van der Waals surface area (Å²) in [6.45, 7) is 6.23. The number of hydrazine groups is 1. The Labute approximate surface area is 178 Å². The average molecular weight is 427 g/mol. The van der Waals surface area contributed by atoms with Crippen LogP contribution in [0.1, 0.15) is 49.0 Å². The third-order valence-corrected chi connectivity index (χ3v) is 4.66. The van der Waals surface area contributed by atoms with Crippen LogP contribution >= 0.6 is 0 Å². The topological polar surface area (TPSA) is 84.2 Å². The van der Waals surface area contributed by atoms with E-state index in [4.69, 9.17) is 4.42 Å². The number of carbonyl (C=O) groups excluding carboxylic acids is 2. The van der Waals surface area contributed by atoms with E-state index in [1.54, 1.807) is 12.1 Å². The lowest BCUT2D eigenvalue weighted by atomic mass is 9.87. The maximum Gasteiger partial charge on any atom is 0.269 e. The van der Waals surface area contributed by atoms with E-state index in [0.717, 1.165) is 17.7 Å². The highest BCUT2D eigenvalue weighted by Gasteiger charge is 2.17. The third kappa shape index (κ3) is 5.53. The lowest BCUT2D eigenvalue weighted by Gasteiger charge is -2.19. The van der Waals surface area contributed by atoms with Crippen molar-refractivity contribution in [1.29, 1.82) is 0 Å². The largest absolute Gasteiger partial charge is 0.441 e. The number of aryl methyl sites for hydroxylation is 1. The molecule has 0 unspecified atom stereocenters. The molecule has 0 saturated carbocycles. The fraction of sp³-hybridized carbons (Fsp3) is 0.261. The quantitative estimate of drug-likeness (QED) is 0.595. The first-order chi connectivity index (χ1) is 14.6. The second-order valence-corrected chi connectivity index (χ2v) is 8.04. The molecule has 0 saturated heterocycles. The van der Waals surface area contributed by atoms with Gasteiger partial charge in [-0.15, -0.1) is 0 Å². The van der Waals surface area contributed by atoms with Gasteiger partial charge in [0.25, 0.3) is 5.91 Å². The van der Waals surface area contributed by atoms with Crippen molar-refractivity contribution in [2.75, 3.05) is 0 Å². The van der Waals surface area contributed by atoms with Gasteiger partial charge in [0.05, 0.1) is 11.8 Å². The first kappa shape index (κ1) is 22.1. The molecule has 2 aromatic carbocycles. The molecule has 0 aliphatic rings. The highest BCUT2D eigenvalue weighted by Crippen LogP contribution is 2.26. The van der Waals surface area contributed by atoms with Crippen LogP contribution in [0.15, 0.2) is 53.1 Å². The zero-order valence-electron chi connectivity index (χ0n) is 17.5. The number of oxazole rings is 1. The van der Waals surface area contributed by atoms with Gasteiger partial charge in [0, 0.05) is 18.4 Å². The third-order valence-electron chi connectivity index (χ3n) is 4.66. The highest BCUT2D eigenvalue weighted by molar-refractivity contribution is 5.95. The SMILES string of the molecule is CC(C)(C)c1ccc(C(=O)NNC(=O)CCc2ncc(-c3c(F)cccc3F)o2)cc1. The average Bonchev–Trinajstić information content (AvgIpc) is 3.18. The van der Waals surface area contributed by atoms with Gasteiger partial charge in [-0.05, 0) is 35.2 Å². The van der Waals surface area contributed by atoms with E-state index in [1.165, 1.54) is 12.3 Å². The van der Waals surface area contributed by atoms with E-state index in [-0.39, 0.29) is 35.5 Å². The number of amides is 2. The van der Waals surface area contributed by atoms with Crippen LogP contribution < -0.4 is 10.9 Å². The Morgan fingerprint density at radius 3 is 2.26 bits per heavy atom. The zero-order chi connectivity index (χ0) is 22.6. The molecule has 2 N–H and O–H groups in total. The van der Waals surface area contributed by atoms with Gasteiger partial charge in [0.1, 0.15) is 11.6 Å². The molecular weight excluding hydrogens is 404 g/mol. The van der Waals surface area contributed by atoms with Crippen molar-refractivity contribution in [2.24, 2.45) is 0 Å². The minimum absolute atomic E-state index is 0.0268. The van der Waals surface area contributed by atoms with Crippen LogP contribution in [-0.2, 0) is 16.6 Å². The molecule has 6 nitrogen and oxygen atoms in total. The predicted molar refractivity (Wildman–Crippen MR) is 111 cm³/mol. The van der Waals surface area contributed by atoms with Gasteiger partial charge in [0.15, 0.2) is 11.7 Å². The van der Waals surface area contributed by atoms with Gasteiger partial charge in [-0.1, -0.05) is 39.0 Å². The Morgan fingerprint density at radius 1 is 1.00 bits per heavy atom. The molecule has 162 valence electrons. The molecule has 2 amide bonds. The van der Waals surface area contributed by atoms with E-state index < -0.39 is 23.4 Å². The van der Waals surface area contributed by atoms with Crippen LogP contribution in [-0.4, -0.2) is 16.8 Å². The van der Waals surface area contributed by atoms with E-state index in [9.17, 15) is 18.4 Å². The molecule has 3 aromatic rings. The number of benzene rings is 2. The summed E-state index contributed by atoms with van der Waals surface area (Å²) in [5.74, 6) is -2.34. The second kappa shape index (κ2) is 9.07. The van der Waals surface area contributed by atoms with E-state index in [0.29, 0.717) is 5.56 Å². The Bertz CT molecular complexity index is 1070. The first-order valence-electron chi connectivity index (χ1n) is 9.74. The molecule has 0 radical (unpaired) electrons. The minimum Gasteiger partial charge on any atom is -0.441 e. The number of hydrogen-bond acceptors (Lipinski definition) is 4. The smallest absolute Gasteiger partial charge is 0.269 e. The van der Waals surface area contributed by atoms with Crippen molar-refractivity contribution < 1.29 is 22.8 Å². The van der Waals surface area contributed by atoms with E-state index >= 15 is 0 Å². The summed E-state index contributed by atoms with van der Waals surface area (Å²) in [5, 5.41) is 0. The molecule has 3 rings (SSSR count). The van der Waals surface area contributed by atoms with E-state index in [2.05, 4.69) is 36.6 Å². The number of carbonyl (C=O) groups is 2. The fourth-order valence-electron chi connectivity index (χ4n) is 2.88. The van der Waals surface area contributed by atoms with Gasteiger partial charge in [-0.25, -0.2) is 13.8 Å². The first-order valence-corrected chi connectivity index (χ1v) is 9.74. The van der Waals surface area contributed by atoms with Gasteiger partial charge < -0.3 is 4.42 Å². The summed E-state index contributed by atoms with van der Waals surface area (Å²) in [5.41, 5.74) is 5.84. The molecule has 0 atom stereocenters. The Morgan fingerprint density at radius 2 is 1.65 bits per heavy atom. The number of rotatable bonds is 5. The highest BCUT2D eigenvalue weighted by atomic mass is 19.1.